The van der Waals surface area contributed by atoms with Gasteiger partial charge in [-0.1, -0.05) is 23.2 Å². The first-order valence-corrected chi connectivity index (χ1v) is 8.05. The molecule has 0 aliphatic carbocycles. The minimum atomic E-state index is -0.992. The molecule has 7 heteroatoms. The molecule has 1 saturated heterocycles. The quantitative estimate of drug-likeness (QED) is 0.707. The van der Waals surface area contributed by atoms with Gasteiger partial charge in [0.2, 0.25) is 5.79 Å². The Kier molecular flexibility index (Phi) is 3.81. The molecule has 120 valence electrons. The predicted octanol–water partition coefficient (Wildman–Crippen LogP) is 4.23. The van der Waals surface area contributed by atoms with Crippen molar-refractivity contribution in [3.63, 3.8) is 0 Å². The molecule has 0 unspecified atom stereocenters. The van der Waals surface area contributed by atoms with Crippen molar-refractivity contribution in [1.82, 2.24) is 9.55 Å². The second-order valence-corrected chi connectivity index (χ2v) is 6.30. The maximum absolute atomic E-state index is 6.23. The van der Waals surface area contributed by atoms with E-state index in [1.54, 1.807) is 18.6 Å². The Labute approximate surface area is 142 Å². The maximum atomic E-state index is 6.23. The Bertz CT molecular complexity index is 823. The fourth-order valence-electron chi connectivity index (χ4n) is 2.77. The van der Waals surface area contributed by atoms with Crippen molar-refractivity contribution < 1.29 is 13.9 Å². The predicted molar refractivity (Wildman–Crippen MR) is 86.7 cm³/mol. The smallest absolute Gasteiger partial charge is 0.247 e. The largest absolute Gasteiger partial charge is 0.454 e. The van der Waals surface area contributed by atoms with Crippen LogP contribution < -0.4 is 0 Å². The van der Waals surface area contributed by atoms with Crippen LogP contribution in [0.4, 0.5) is 0 Å². The second kappa shape index (κ2) is 5.83. The molecule has 1 fully saturated rings. The summed E-state index contributed by atoms with van der Waals surface area (Å²) in [5.74, 6) is -0.418. The molecule has 3 aromatic rings. The molecule has 3 heterocycles. The Morgan fingerprint density at radius 1 is 1.17 bits per heavy atom. The summed E-state index contributed by atoms with van der Waals surface area (Å²) in [5, 5.41) is 1.84. The van der Waals surface area contributed by atoms with Gasteiger partial charge in [0.1, 0.15) is 0 Å². The highest BCUT2D eigenvalue weighted by Crippen LogP contribution is 2.39. The van der Waals surface area contributed by atoms with Gasteiger partial charge >= 0.3 is 0 Å². The van der Waals surface area contributed by atoms with E-state index in [-0.39, 0.29) is 0 Å². The molecule has 0 atom stereocenters. The number of hydrogen-bond acceptors (Lipinski definition) is 4. The molecule has 5 nitrogen and oxygen atoms in total. The normalized spacial score (nSPS) is 17.7. The lowest BCUT2D eigenvalue weighted by molar-refractivity contribution is -0.291. The van der Waals surface area contributed by atoms with Gasteiger partial charge in [0.25, 0.3) is 0 Å². The highest BCUT2D eigenvalue weighted by Gasteiger charge is 2.41. The number of rotatable bonds is 3. The van der Waals surface area contributed by atoms with E-state index in [9.17, 15) is 0 Å². The van der Waals surface area contributed by atoms with E-state index in [4.69, 9.17) is 37.1 Å². The Hall–Kier alpha value is -1.53. The standard InChI is InChI=1S/C16H14Cl2N2O3/c17-12-6-11-7-14(23-15(11)13(18)8-12)16(21-4-1-5-22-16)9-20-3-2-19-10-20/h2-3,6-8,10H,1,4-5,9H2. The average Bonchev–Trinajstić information content (AvgIpc) is 3.17. The van der Waals surface area contributed by atoms with Gasteiger partial charge in [-0.2, -0.15) is 0 Å². The number of ether oxygens (including phenoxy) is 2. The number of aromatic nitrogens is 2. The third kappa shape index (κ3) is 2.74. The third-order valence-corrected chi connectivity index (χ3v) is 4.32. The molecule has 1 aliphatic rings. The van der Waals surface area contributed by atoms with Gasteiger partial charge in [0, 0.05) is 22.8 Å². The van der Waals surface area contributed by atoms with Crippen LogP contribution in [0.3, 0.4) is 0 Å². The van der Waals surface area contributed by atoms with Crippen LogP contribution in [0.1, 0.15) is 12.2 Å². The third-order valence-electron chi connectivity index (χ3n) is 3.82. The number of hydrogen-bond donors (Lipinski definition) is 0. The Balaban J connectivity index is 1.81. The van der Waals surface area contributed by atoms with Gasteiger partial charge in [0.05, 0.1) is 31.1 Å². The maximum Gasteiger partial charge on any atom is 0.247 e. The first-order chi connectivity index (χ1) is 11.2. The van der Waals surface area contributed by atoms with Crippen molar-refractivity contribution in [3.8, 4) is 0 Å². The van der Waals surface area contributed by atoms with E-state index in [1.165, 1.54) is 0 Å². The summed E-state index contributed by atoms with van der Waals surface area (Å²) in [6.07, 6.45) is 6.13. The summed E-state index contributed by atoms with van der Waals surface area (Å²) in [6.45, 7) is 1.64. The zero-order valence-corrected chi connectivity index (χ0v) is 13.7. The summed E-state index contributed by atoms with van der Waals surface area (Å²) in [7, 11) is 0. The molecule has 1 aliphatic heterocycles. The molecule has 23 heavy (non-hydrogen) atoms. The SMILES string of the molecule is Clc1cc(Cl)c2oc(C3(Cn4ccnc4)OCCCO3)cc2c1. The molecule has 0 bridgehead atoms. The van der Waals surface area contributed by atoms with E-state index in [2.05, 4.69) is 4.98 Å². The van der Waals surface area contributed by atoms with E-state index >= 15 is 0 Å². The van der Waals surface area contributed by atoms with Crippen molar-refractivity contribution in [2.24, 2.45) is 0 Å². The molecule has 0 amide bonds. The minimum Gasteiger partial charge on any atom is -0.454 e. The zero-order valence-electron chi connectivity index (χ0n) is 12.2. The topological polar surface area (TPSA) is 49.4 Å². The van der Waals surface area contributed by atoms with Crippen molar-refractivity contribution in [3.05, 3.63) is 52.7 Å². The highest BCUT2D eigenvalue weighted by atomic mass is 35.5. The lowest BCUT2D eigenvalue weighted by Crippen LogP contribution is -2.41. The van der Waals surface area contributed by atoms with Gasteiger partial charge in [-0.15, -0.1) is 0 Å². The van der Waals surface area contributed by atoms with Gasteiger partial charge < -0.3 is 18.5 Å². The number of benzene rings is 1. The second-order valence-electron chi connectivity index (χ2n) is 5.46. The number of imidazole rings is 1. The monoisotopic (exact) mass is 352 g/mol. The fraction of sp³-hybridized carbons (Fsp3) is 0.312. The van der Waals surface area contributed by atoms with Gasteiger partial charge in [-0.25, -0.2) is 4.98 Å². The van der Waals surface area contributed by atoms with Crippen LogP contribution in [-0.2, 0) is 21.8 Å². The summed E-state index contributed by atoms with van der Waals surface area (Å²) < 4.78 is 19.8. The molecule has 0 spiro atoms. The van der Waals surface area contributed by atoms with Crippen LogP contribution >= 0.6 is 23.2 Å². The number of halogens is 2. The van der Waals surface area contributed by atoms with Gasteiger partial charge in [0.15, 0.2) is 11.3 Å². The highest BCUT2D eigenvalue weighted by molar-refractivity contribution is 6.38. The minimum absolute atomic E-state index is 0.443. The lowest BCUT2D eigenvalue weighted by atomic mass is 10.1. The summed E-state index contributed by atoms with van der Waals surface area (Å²) in [6, 6.07) is 5.34. The van der Waals surface area contributed by atoms with Crippen LogP contribution in [0.25, 0.3) is 11.0 Å². The molecule has 2 aromatic heterocycles. The van der Waals surface area contributed by atoms with Crippen molar-refractivity contribution in [2.75, 3.05) is 13.2 Å². The molecule has 4 rings (SSSR count). The lowest BCUT2D eigenvalue weighted by Gasteiger charge is -2.35. The molecular weight excluding hydrogens is 339 g/mol. The first kappa shape index (κ1) is 15.0. The van der Waals surface area contributed by atoms with Crippen molar-refractivity contribution in [2.45, 2.75) is 18.8 Å². The van der Waals surface area contributed by atoms with Crippen LogP contribution in [0, 0.1) is 0 Å². The van der Waals surface area contributed by atoms with Gasteiger partial charge in [-0.3, -0.25) is 0 Å². The Morgan fingerprint density at radius 2 is 2.00 bits per heavy atom. The molecule has 0 radical (unpaired) electrons. The zero-order chi connectivity index (χ0) is 15.9. The van der Waals surface area contributed by atoms with E-state index in [0.29, 0.717) is 41.1 Å². The fourth-order valence-corrected chi connectivity index (χ4v) is 3.32. The van der Waals surface area contributed by atoms with Crippen molar-refractivity contribution in [1.29, 1.82) is 0 Å². The Morgan fingerprint density at radius 3 is 2.74 bits per heavy atom. The van der Waals surface area contributed by atoms with E-state index in [0.717, 1.165) is 11.8 Å². The number of furan rings is 1. The van der Waals surface area contributed by atoms with Crippen molar-refractivity contribution >= 4 is 34.2 Å². The van der Waals surface area contributed by atoms with E-state index < -0.39 is 5.79 Å². The molecule has 0 N–H and O–H groups in total. The summed E-state index contributed by atoms with van der Waals surface area (Å²) in [4.78, 5) is 4.06. The summed E-state index contributed by atoms with van der Waals surface area (Å²) >= 11 is 12.3. The van der Waals surface area contributed by atoms with E-state index in [1.807, 2.05) is 22.9 Å². The number of nitrogens with zero attached hydrogens (tertiary/aromatic N) is 2. The molecule has 1 aromatic carbocycles. The van der Waals surface area contributed by atoms with Crippen LogP contribution in [0.15, 0.2) is 41.3 Å². The average molecular weight is 353 g/mol. The summed E-state index contributed by atoms with van der Waals surface area (Å²) in [5.41, 5.74) is 0.578. The number of fused-ring (bicyclic) bond motifs is 1. The molecule has 0 saturated carbocycles. The first-order valence-electron chi connectivity index (χ1n) is 7.29. The van der Waals surface area contributed by atoms with Gasteiger partial charge in [-0.05, 0) is 24.6 Å². The molecular formula is C16H14Cl2N2O3. The van der Waals surface area contributed by atoms with Crippen LogP contribution in [0.2, 0.25) is 10.0 Å². The van der Waals surface area contributed by atoms with Crippen LogP contribution in [-0.4, -0.2) is 22.8 Å². The van der Waals surface area contributed by atoms with Crippen LogP contribution in [0.5, 0.6) is 0 Å².